The highest BCUT2D eigenvalue weighted by Gasteiger charge is 2.14. The molecule has 106 valence electrons. The molecule has 2 heterocycles. The maximum absolute atomic E-state index is 8.71. The summed E-state index contributed by atoms with van der Waals surface area (Å²) in [6.45, 7) is 2.52. The second-order valence-corrected chi connectivity index (χ2v) is 5.57. The van der Waals surface area contributed by atoms with E-state index in [0.717, 1.165) is 21.2 Å². The zero-order valence-electron chi connectivity index (χ0n) is 11.3. The van der Waals surface area contributed by atoms with E-state index in [4.69, 9.17) is 10.9 Å². The van der Waals surface area contributed by atoms with Crippen molar-refractivity contribution in [2.75, 3.05) is 18.5 Å². The Bertz CT molecular complexity index is 646. The van der Waals surface area contributed by atoms with Crippen molar-refractivity contribution in [2.24, 2.45) is 16.8 Å². The average molecular weight is 338 g/mol. The Labute approximate surface area is 125 Å². The third-order valence-corrected chi connectivity index (χ3v) is 3.54. The summed E-state index contributed by atoms with van der Waals surface area (Å²) in [5.41, 5.74) is 8.22. The lowest BCUT2D eigenvalue weighted by atomic mass is 10.1. The largest absolute Gasteiger partial charge is 0.409 e. The van der Waals surface area contributed by atoms with E-state index < -0.39 is 0 Å². The highest BCUT2D eigenvalue weighted by Crippen LogP contribution is 2.25. The van der Waals surface area contributed by atoms with Gasteiger partial charge in [0.25, 0.3) is 0 Å². The van der Waals surface area contributed by atoms with Crippen LogP contribution in [0.25, 0.3) is 11.0 Å². The topological polar surface area (TPSA) is 87.6 Å². The maximum atomic E-state index is 8.71. The van der Waals surface area contributed by atoms with Gasteiger partial charge in [-0.15, -0.1) is 0 Å². The number of oxime groups is 1. The Hall–Kier alpha value is -1.89. The van der Waals surface area contributed by atoms with Gasteiger partial charge in [0.05, 0.1) is 11.2 Å². The number of hydrogen-bond donors (Lipinski definition) is 2. The van der Waals surface area contributed by atoms with Crippen molar-refractivity contribution in [2.45, 2.75) is 6.92 Å². The molecule has 2 rings (SSSR count). The minimum atomic E-state index is -0.0661. The number of nitrogens with zero attached hydrogens (tertiary/aromatic N) is 4. The van der Waals surface area contributed by atoms with Crippen molar-refractivity contribution in [3.8, 4) is 0 Å². The SMILES string of the molecule is CC(CN(C)c1ccnc2cc(Br)cnc12)/C(N)=N/O. The fraction of sp³-hybridized carbons (Fsp3) is 0.308. The van der Waals surface area contributed by atoms with Gasteiger partial charge in [-0.3, -0.25) is 9.97 Å². The molecule has 6 nitrogen and oxygen atoms in total. The number of aromatic nitrogens is 2. The predicted octanol–water partition coefficient (Wildman–Crippen LogP) is 2.21. The summed E-state index contributed by atoms with van der Waals surface area (Å²) >= 11 is 3.39. The fourth-order valence-corrected chi connectivity index (χ4v) is 2.32. The molecule has 1 atom stereocenters. The molecule has 0 aliphatic rings. The molecule has 0 bridgehead atoms. The number of amidine groups is 1. The molecular weight excluding hydrogens is 322 g/mol. The molecule has 2 aromatic rings. The van der Waals surface area contributed by atoms with E-state index in [1.54, 1.807) is 12.4 Å². The van der Waals surface area contributed by atoms with E-state index in [0.29, 0.717) is 6.54 Å². The van der Waals surface area contributed by atoms with E-state index in [1.165, 1.54) is 0 Å². The summed E-state index contributed by atoms with van der Waals surface area (Å²) in [7, 11) is 1.94. The van der Waals surface area contributed by atoms with Crippen LogP contribution in [0.2, 0.25) is 0 Å². The Morgan fingerprint density at radius 1 is 1.55 bits per heavy atom. The molecule has 0 saturated carbocycles. The van der Waals surface area contributed by atoms with Gasteiger partial charge in [0.2, 0.25) is 0 Å². The summed E-state index contributed by atoms with van der Waals surface area (Å²) < 4.78 is 0.891. The fourth-order valence-electron chi connectivity index (χ4n) is 2.00. The minimum absolute atomic E-state index is 0.0661. The third kappa shape index (κ3) is 2.98. The first-order chi connectivity index (χ1) is 9.52. The number of nitrogens with two attached hydrogens (primary N) is 1. The number of hydrogen-bond acceptors (Lipinski definition) is 5. The first-order valence-corrected chi connectivity index (χ1v) is 6.91. The van der Waals surface area contributed by atoms with Crippen LogP contribution in [0.4, 0.5) is 5.69 Å². The zero-order valence-corrected chi connectivity index (χ0v) is 12.9. The van der Waals surface area contributed by atoms with Gasteiger partial charge in [0, 0.05) is 36.4 Å². The van der Waals surface area contributed by atoms with Crippen molar-refractivity contribution in [1.82, 2.24) is 9.97 Å². The van der Waals surface area contributed by atoms with Crippen LogP contribution < -0.4 is 10.6 Å². The zero-order chi connectivity index (χ0) is 14.7. The molecular formula is C13H16BrN5O. The minimum Gasteiger partial charge on any atom is -0.409 e. The van der Waals surface area contributed by atoms with Gasteiger partial charge in [0.15, 0.2) is 0 Å². The third-order valence-electron chi connectivity index (χ3n) is 3.10. The molecule has 2 aromatic heterocycles. The molecule has 7 heteroatoms. The average Bonchev–Trinajstić information content (AvgIpc) is 2.45. The van der Waals surface area contributed by atoms with Gasteiger partial charge in [-0.25, -0.2) is 0 Å². The number of halogens is 1. The number of pyridine rings is 2. The van der Waals surface area contributed by atoms with Gasteiger partial charge in [0.1, 0.15) is 11.4 Å². The van der Waals surface area contributed by atoms with Crippen molar-refractivity contribution in [3.05, 3.63) is 29.0 Å². The maximum Gasteiger partial charge on any atom is 0.143 e. The summed E-state index contributed by atoms with van der Waals surface area (Å²) in [6, 6.07) is 3.83. The molecule has 0 aliphatic heterocycles. The van der Waals surface area contributed by atoms with E-state index in [1.807, 2.05) is 31.0 Å². The van der Waals surface area contributed by atoms with Gasteiger partial charge in [-0.05, 0) is 28.1 Å². The summed E-state index contributed by atoms with van der Waals surface area (Å²) in [5.74, 6) is 0.148. The monoisotopic (exact) mass is 337 g/mol. The molecule has 0 saturated heterocycles. The van der Waals surface area contributed by atoms with E-state index >= 15 is 0 Å². The van der Waals surface area contributed by atoms with Crippen LogP contribution in [-0.2, 0) is 0 Å². The smallest absolute Gasteiger partial charge is 0.143 e. The second-order valence-electron chi connectivity index (χ2n) is 4.66. The molecule has 3 N–H and O–H groups in total. The summed E-state index contributed by atoms with van der Waals surface area (Å²) in [4.78, 5) is 10.7. The van der Waals surface area contributed by atoms with Crippen molar-refractivity contribution >= 4 is 38.5 Å². The van der Waals surface area contributed by atoms with Gasteiger partial charge < -0.3 is 15.8 Å². The number of rotatable bonds is 4. The van der Waals surface area contributed by atoms with Crippen LogP contribution in [0, 0.1) is 5.92 Å². The molecule has 1 unspecified atom stereocenters. The van der Waals surface area contributed by atoms with Crippen LogP contribution in [0.1, 0.15) is 6.92 Å². The lowest BCUT2D eigenvalue weighted by Gasteiger charge is -2.23. The Balaban J connectivity index is 2.33. The molecule has 0 fully saturated rings. The van der Waals surface area contributed by atoms with Crippen molar-refractivity contribution in [1.29, 1.82) is 0 Å². The highest BCUT2D eigenvalue weighted by atomic mass is 79.9. The van der Waals surface area contributed by atoms with Gasteiger partial charge in [-0.2, -0.15) is 0 Å². The predicted molar refractivity (Wildman–Crippen MR) is 83.1 cm³/mol. The lowest BCUT2D eigenvalue weighted by Crippen LogP contribution is -2.32. The van der Waals surface area contributed by atoms with E-state index in [9.17, 15) is 0 Å². The summed E-state index contributed by atoms with van der Waals surface area (Å²) in [5, 5.41) is 11.8. The molecule has 0 aliphatic carbocycles. The Morgan fingerprint density at radius 3 is 3.00 bits per heavy atom. The first kappa shape index (κ1) is 14.5. The normalized spacial score (nSPS) is 13.4. The summed E-state index contributed by atoms with van der Waals surface area (Å²) in [6.07, 6.45) is 3.49. The molecule has 0 amide bonds. The molecule has 20 heavy (non-hydrogen) atoms. The lowest BCUT2D eigenvalue weighted by molar-refractivity contribution is 0.314. The van der Waals surface area contributed by atoms with Crippen molar-refractivity contribution < 1.29 is 5.21 Å². The Morgan fingerprint density at radius 2 is 2.30 bits per heavy atom. The van der Waals surface area contributed by atoms with Gasteiger partial charge in [-0.1, -0.05) is 12.1 Å². The first-order valence-electron chi connectivity index (χ1n) is 6.11. The van der Waals surface area contributed by atoms with E-state index in [2.05, 4.69) is 31.1 Å². The number of fused-ring (bicyclic) bond motifs is 1. The highest BCUT2D eigenvalue weighted by molar-refractivity contribution is 9.10. The van der Waals surface area contributed by atoms with Gasteiger partial charge >= 0.3 is 0 Å². The van der Waals surface area contributed by atoms with Crippen molar-refractivity contribution in [3.63, 3.8) is 0 Å². The molecule has 0 aromatic carbocycles. The number of anilines is 1. The second kappa shape index (κ2) is 6.04. The Kier molecular flexibility index (Phi) is 4.39. The standard InChI is InChI=1S/C13H16BrN5O/c1-8(13(15)18-20)7-19(2)11-3-4-16-10-5-9(14)6-17-12(10)11/h3-6,8,20H,7H2,1-2H3,(H2,15,18). The molecule has 0 spiro atoms. The van der Waals surface area contributed by atoms with Crippen LogP contribution >= 0.6 is 15.9 Å². The quantitative estimate of drug-likeness (QED) is 0.386. The van der Waals surface area contributed by atoms with Crippen LogP contribution in [-0.4, -0.2) is 34.6 Å². The molecule has 0 radical (unpaired) electrons. The van der Waals surface area contributed by atoms with Crippen LogP contribution in [0.3, 0.4) is 0 Å². The van der Waals surface area contributed by atoms with Crippen LogP contribution in [0.15, 0.2) is 34.2 Å². The van der Waals surface area contributed by atoms with Crippen LogP contribution in [0.5, 0.6) is 0 Å². The van der Waals surface area contributed by atoms with E-state index in [-0.39, 0.29) is 11.8 Å².